The Morgan fingerprint density at radius 3 is 3.12 bits per heavy atom. The van der Waals surface area contributed by atoms with Crippen LogP contribution in [-0.4, -0.2) is 32.7 Å². The Morgan fingerprint density at radius 2 is 2.56 bits per heavy atom. The predicted octanol–water partition coefficient (Wildman–Crippen LogP) is 0.771. The fourth-order valence-corrected chi connectivity index (χ4v) is 3.10. The fourth-order valence-electron chi connectivity index (χ4n) is 1.84. The summed E-state index contributed by atoms with van der Waals surface area (Å²) in [5.41, 5.74) is 2.15. The molecule has 0 aliphatic carbocycles. The van der Waals surface area contributed by atoms with Crippen molar-refractivity contribution in [3.8, 4) is 0 Å². The predicted molar refractivity (Wildman–Crippen MR) is 62.3 cm³/mol. The molecule has 2 rings (SSSR count). The zero-order valence-electron chi connectivity index (χ0n) is 9.30. The van der Waals surface area contributed by atoms with E-state index in [0.29, 0.717) is 5.75 Å². The maximum absolute atomic E-state index is 10.8. The highest BCUT2D eigenvalue weighted by atomic mass is 32.2. The Morgan fingerprint density at radius 1 is 1.81 bits per heavy atom. The van der Waals surface area contributed by atoms with E-state index in [9.17, 15) is 4.79 Å². The zero-order chi connectivity index (χ0) is 11.7. The second-order valence-corrected chi connectivity index (χ2v) is 4.97. The van der Waals surface area contributed by atoms with Gasteiger partial charge in [0.25, 0.3) is 0 Å². The van der Waals surface area contributed by atoms with Crippen molar-refractivity contribution in [3.05, 3.63) is 17.5 Å². The van der Waals surface area contributed by atoms with E-state index in [2.05, 4.69) is 17.3 Å². The van der Waals surface area contributed by atoms with Crippen LogP contribution in [0.5, 0.6) is 0 Å². The van der Waals surface area contributed by atoms with Crippen LogP contribution in [0.2, 0.25) is 0 Å². The molecule has 0 bridgehead atoms. The van der Waals surface area contributed by atoms with Crippen LogP contribution in [0.15, 0.2) is 6.20 Å². The Kier molecular flexibility index (Phi) is 3.20. The number of aryl methyl sites for hydroxylation is 2. The topological polar surface area (TPSA) is 67.2 Å². The highest BCUT2D eigenvalue weighted by molar-refractivity contribution is 7.99. The van der Waals surface area contributed by atoms with Gasteiger partial charge < -0.3 is 5.11 Å². The summed E-state index contributed by atoms with van der Waals surface area (Å²) in [4.78, 5) is 10.8. The summed E-state index contributed by atoms with van der Waals surface area (Å²) in [5, 5.41) is 16.4. The number of nitrogens with zero attached hydrogens (tertiary/aromatic N) is 2. The largest absolute Gasteiger partial charge is 0.480 e. The molecule has 6 heteroatoms. The van der Waals surface area contributed by atoms with Gasteiger partial charge in [-0.25, -0.2) is 0 Å². The van der Waals surface area contributed by atoms with E-state index in [4.69, 9.17) is 5.11 Å². The van der Waals surface area contributed by atoms with E-state index in [1.807, 2.05) is 13.2 Å². The highest BCUT2D eigenvalue weighted by Crippen LogP contribution is 2.34. The summed E-state index contributed by atoms with van der Waals surface area (Å²) < 4.78 is 1.78. The Hall–Kier alpha value is -1.01. The Labute approximate surface area is 98.2 Å². The van der Waals surface area contributed by atoms with Gasteiger partial charge in [0, 0.05) is 24.6 Å². The number of carboxylic acid groups (broad SMARTS) is 1. The SMILES string of the molecule is CCc1nn(C)cc1C1N[C@@H](C(=O)O)CS1. The first-order valence-electron chi connectivity index (χ1n) is 5.24. The van der Waals surface area contributed by atoms with Crippen LogP contribution >= 0.6 is 11.8 Å². The van der Waals surface area contributed by atoms with Crippen molar-refractivity contribution in [1.29, 1.82) is 0 Å². The molecule has 2 atom stereocenters. The number of thioether (sulfide) groups is 1. The molecular formula is C10H15N3O2S. The van der Waals surface area contributed by atoms with Gasteiger partial charge in [-0.3, -0.25) is 14.8 Å². The summed E-state index contributed by atoms with van der Waals surface area (Å²) in [6.45, 7) is 2.06. The molecule has 88 valence electrons. The minimum Gasteiger partial charge on any atom is -0.480 e. The molecular weight excluding hydrogens is 226 g/mol. The van der Waals surface area contributed by atoms with Crippen LogP contribution in [0, 0.1) is 0 Å². The standard InChI is InChI=1S/C10H15N3O2S/c1-3-7-6(4-13(2)12-7)9-11-8(5-16-9)10(14)15/h4,8-9,11H,3,5H2,1-2H3,(H,14,15)/t8-,9?/m1/s1. The van der Waals surface area contributed by atoms with Crippen LogP contribution in [0.3, 0.4) is 0 Å². The van der Waals surface area contributed by atoms with E-state index in [1.165, 1.54) is 0 Å². The Balaban J connectivity index is 2.16. The smallest absolute Gasteiger partial charge is 0.321 e. The van der Waals surface area contributed by atoms with E-state index >= 15 is 0 Å². The normalized spacial score (nSPS) is 24.9. The molecule has 0 aromatic carbocycles. The lowest BCUT2D eigenvalue weighted by Gasteiger charge is -2.10. The van der Waals surface area contributed by atoms with E-state index in [1.54, 1.807) is 16.4 Å². The third-order valence-corrected chi connectivity index (χ3v) is 3.88. The average molecular weight is 241 g/mol. The average Bonchev–Trinajstić information content (AvgIpc) is 2.82. The number of carbonyl (C=O) groups is 1. The molecule has 1 fully saturated rings. The Bertz CT molecular complexity index is 405. The van der Waals surface area contributed by atoms with Crippen molar-refractivity contribution in [1.82, 2.24) is 15.1 Å². The molecule has 2 heterocycles. The summed E-state index contributed by atoms with van der Waals surface area (Å²) in [5.74, 6) is -0.171. The molecule has 1 saturated heterocycles. The van der Waals surface area contributed by atoms with Crippen LogP contribution < -0.4 is 5.32 Å². The third kappa shape index (κ3) is 2.08. The van der Waals surface area contributed by atoms with Gasteiger partial charge in [0.15, 0.2) is 0 Å². The summed E-state index contributed by atoms with van der Waals surface area (Å²) in [6, 6.07) is -0.445. The van der Waals surface area contributed by atoms with Gasteiger partial charge in [-0.1, -0.05) is 6.92 Å². The number of aromatic nitrogens is 2. The third-order valence-electron chi connectivity index (χ3n) is 2.64. The molecule has 2 N–H and O–H groups in total. The molecule has 0 amide bonds. The summed E-state index contributed by atoms with van der Waals surface area (Å²) in [7, 11) is 1.89. The van der Waals surface area contributed by atoms with Gasteiger partial charge in [-0.2, -0.15) is 5.10 Å². The van der Waals surface area contributed by atoms with Gasteiger partial charge in [0.2, 0.25) is 0 Å². The number of carboxylic acids is 1. The highest BCUT2D eigenvalue weighted by Gasteiger charge is 2.32. The molecule has 1 aliphatic heterocycles. The first kappa shape index (κ1) is 11.5. The molecule has 1 unspecified atom stereocenters. The number of nitrogens with one attached hydrogen (secondary N) is 1. The molecule has 1 aliphatic rings. The lowest BCUT2D eigenvalue weighted by Crippen LogP contribution is -2.33. The summed E-state index contributed by atoms with van der Waals surface area (Å²) in [6.07, 6.45) is 2.83. The fraction of sp³-hybridized carbons (Fsp3) is 0.600. The molecule has 1 aromatic heterocycles. The van der Waals surface area contributed by atoms with Crippen molar-refractivity contribution in [3.63, 3.8) is 0 Å². The van der Waals surface area contributed by atoms with E-state index in [-0.39, 0.29) is 5.37 Å². The first-order chi connectivity index (χ1) is 7.61. The van der Waals surface area contributed by atoms with Crippen LogP contribution in [0.4, 0.5) is 0 Å². The number of hydrogen-bond donors (Lipinski definition) is 2. The maximum Gasteiger partial charge on any atom is 0.321 e. The van der Waals surface area contributed by atoms with Crippen molar-refractivity contribution >= 4 is 17.7 Å². The zero-order valence-corrected chi connectivity index (χ0v) is 10.1. The van der Waals surface area contributed by atoms with E-state index in [0.717, 1.165) is 17.7 Å². The van der Waals surface area contributed by atoms with Crippen molar-refractivity contribution < 1.29 is 9.90 Å². The molecule has 16 heavy (non-hydrogen) atoms. The molecule has 1 aromatic rings. The molecule has 5 nitrogen and oxygen atoms in total. The minimum atomic E-state index is -0.781. The lowest BCUT2D eigenvalue weighted by atomic mass is 10.2. The van der Waals surface area contributed by atoms with Gasteiger partial charge in [0.05, 0.1) is 11.1 Å². The summed E-state index contributed by atoms with van der Waals surface area (Å²) >= 11 is 1.63. The van der Waals surface area contributed by atoms with Crippen LogP contribution in [0.1, 0.15) is 23.6 Å². The lowest BCUT2D eigenvalue weighted by molar-refractivity contribution is -0.138. The van der Waals surface area contributed by atoms with Crippen molar-refractivity contribution in [2.45, 2.75) is 24.8 Å². The van der Waals surface area contributed by atoms with Crippen molar-refractivity contribution in [2.24, 2.45) is 7.05 Å². The number of hydrogen-bond acceptors (Lipinski definition) is 4. The number of rotatable bonds is 3. The van der Waals surface area contributed by atoms with Gasteiger partial charge >= 0.3 is 5.97 Å². The van der Waals surface area contributed by atoms with Crippen molar-refractivity contribution in [2.75, 3.05) is 5.75 Å². The second-order valence-electron chi connectivity index (χ2n) is 3.83. The van der Waals surface area contributed by atoms with Gasteiger partial charge in [-0.05, 0) is 6.42 Å². The maximum atomic E-state index is 10.8. The molecule has 0 radical (unpaired) electrons. The molecule has 0 saturated carbocycles. The molecule has 0 spiro atoms. The second kappa shape index (κ2) is 4.47. The van der Waals surface area contributed by atoms with Gasteiger partial charge in [0.1, 0.15) is 6.04 Å². The van der Waals surface area contributed by atoms with Gasteiger partial charge in [-0.15, -0.1) is 11.8 Å². The van der Waals surface area contributed by atoms with Crippen LogP contribution in [0.25, 0.3) is 0 Å². The minimum absolute atomic E-state index is 0.0600. The quantitative estimate of drug-likeness (QED) is 0.818. The van der Waals surface area contributed by atoms with E-state index < -0.39 is 12.0 Å². The van der Waals surface area contributed by atoms with Crippen LogP contribution in [-0.2, 0) is 18.3 Å². The first-order valence-corrected chi connectivity index (χ1v) is 6.29. The number of aliphatic carboxylic acids is 1. The monoisotopic (exact) mass is 241 g/mol.